The highest BCUT2D eigenvalue weighted by Gasteiger charge is 2.04. The zero-order valence-electron chi connectivity index (χ0n) is 31.0. The number of unbranched alkanes of at least 4 members (excludes halogenated alkanes) is 31. The molecule has 0 heterocycles. The first-order valence-corrected chi connectivity index (χ1v) is 22.8. The van der Waals surface area contributed by atoms with E-state index in [-0.39, 0.29) is 5.97 Å². The van der Waals surface area contributed by atoms with Crippen molar-refractivity contribution in [1.29, 1.82) is 0 Å². The highest BCUT2D eigenvalue weighted by atomic mass is 32.2. The van der Waals surface area contributed by atoms with Gasteiger partial charge in [-0.25, -0.2) is 0 Å². The lowest BCUT2D eigenvalue weighted by Crippen LogP contribution is -1.99. The van der Waals surface area contributed by atoms with Crippen molar-refractivity contribution in [3.05, 3.63) is 0 Å². The predicted octanol–water partition coefficient (Wildman–Crippen LogP) is 15.6. The van der Waals surface area contributed by atoms with E-state index in [2.05, 4.69) is 25.6 Å². The summed E-state index contributed by atoms with van der Waals surface area (Å²) in [5, 5.41) is 0. The molecule has 45 heavy (non-hydrogen) atoms. The van der Waals surface area contributed by atoms with Crippen LogP contribution in [0.5, 0.6) is 0 Å². The van der Waals surface area contributed by atoms with E-state index >= 15 is 0 Å². The molecule has 0 amide bonds. The van der Waals surface area contributed by atoms with Gasteiger partial charge in [0, 0.05) is 12.2 Å². The fraction of sp³-hybridized carbons (Fsp3) is 0.976. The van der Waals surface area contributed by atoms with Crippen LogP contribution >= 0.6 is 23.8 Å². The van der Waals surface area contributed by atoms with Crippen LogP contribution < -0.4 is 0 Å². The van der Waals surface area contributed by atoms with Gasteiger partial charge in [-0.15, -0.1) is 0 Å². The average Bonchev–Trinajstić information content (AvgIpc) is 3.05. The summed E-state index contributed by atoms with van der Waals surface area (Å²) in [6, 6.07) is 0. The van der Waals surface area contributed by atoms with E-state index in [9.17, 15) is 4.79 Å². The molecule has 0 bridgehead atoms. The van der Waals surface area contributed by atoms with Gasteiger partial charge < -0.3 is 4.18 Å². The second-order valence-corrected chi connectivity index (χ2v) is 16.0. The molecule has 0 saturated carbocycles. The fourth-order valence-corrected chi connectivity index (χ4v) is 7.83. The Morgan fingerprint density at radius 2 is 0.622 bits per heavy atom. The fourth-order valence-electron chi connectivity index (χ4n) is 6.19. The maximum absolute atomic E-state index is 12.0. The summed E-state index contributed by atoms with van der Waals surface area (Å²) in [6.45, 7) is 4.59. The van der Waals surface area contributed by atoms with Gasteiger partial charge in [0.25, 0.3) is 0 Å². The first-order valence-electron chi connectivity index (χ1n) is 20.7. The van der Waals surface area contributed by atoms with Crippen LogP contribution in [-0.4, -0.2) is 23.2 Å². The summed E-state index contributed by atoms with van der Waals surface area (Å²) in [4.78, 5) is 12.0. The van der Waals surface area contributed by atoms with E-state index in [0.717, 1.165) is 18.6 Å². The van der Waals surface area contributed by atoms with E-state index < -0.39 is 0 Å². The average molecular weight is 671 g/mol. The molecular weight excluding hydrogens is 589 g/mol. The van der Waals surface area contributed by atoms with Crippen molar-refractivity contribution in [1.82, 2.24) is 0 Å². The molecule has 0 spiro atoms. The molecular formula is C41H82O2S2. The molecule has 0 N–H and O–H groups in total. The molecule has 0 aliphatic carbocycles. The van der Waals surface area contributed by atoms with E-state index in [1.54, 1.807) is 0 Å². The third-order valence-corrected chi connectivity index (χ3v) is 11.2. The lowest BCUT2D eigenvalue weighted by Gasteiger charge is -2.05. The zero-order valence-corrected chi connectivity index (χ0v) is 32.6. The van der Waals surface area contributed by atoms with Gasteiger partial charge in [-0.1, -0.05) is 206 Å². The van der Waals surface area contributed by atoms with Crippen molar-refractivity contribution in [3.8, 4) is 0 Å². The van der Waals surface area contributed by atoms with Gasteiger partial charge in [-0.2, -0.15) is 11.8 Å². The summed E-state index contributed by atoms with van der Waals surface area (Å²) < 4.78 is 5.38. The van der Waals surface area contributed by atoms with Crippen molar-refractivity contribution in [2.45, 2.75) is 239 Å². The third kappa shape index (κ3) is 42.1. The molecule has 0 fully saturated rings. The van der Waals surface area contributed by atoms with Crippen molar-refractivity contribution in [2.75, 3.05) is 17.3 Å². The lowest BCUT2D eigenvalue weighted by atomic mass is 10.0. The Labute approximate surface area is 293 Å². The van der Waals surface area contributed by atoms with Crippen LogP contribution in [0.2, 0.25) is 0 Å². The zero-order chi connectivity index (χ0) is 32.6. The molecule has 0 rings (SSSR count). The SMILES string of the molecule is CCCCCCCCCCCCCCCCCCSCCCCC(=O)OSCCCCCCCCCCCCCCCCCC. The summed E-state index contributed by atoms with van der Waals surface area (Å²) in [5.41, 5.74) is 0. The van der Waals surface area contributed by atoms with Crippen LogP contribution in [0.15, 0.2) is 0 Å². The molecule has 0 unspecified atom stereocenters. The Balaban J connectivity index is 3.14. The number of thioether (sulfide) groups is 1. The second-order valence-electron chi connectivity index (χ2n) is 14.0. The smallest absolute Gasteiger partial charge is 0.317 e. The molecule has 270 valence electrons. The van der Waals surface area contributed by atoms with Crippen LogP contribution in [-0.2, 0) is 8.98 Å². The number of hydrogen-bond acceptors (Lipinski definition) is 4. The molecule has 4 heteroatoms. The molecule has 0 aliphatic heterocycles. The summed E-state index contributed by atoms with van der Waals surface area (Å²) in [7, 11) is 0. The van der Waals surface area contributed by atoms with Crippen molar-refractivity contribution in [3.63, 3.8) is 0 Å². The van der Waals surface area contributed by atoms with Gasteiger partial charge in [-0.3, -0.25) is 4.79 Å². The Morgan fingerprint density at radius 1 is 0.356 bits per heavy atom. The Kier molecular flexibility index (Phi) is 42.4. The molecule has 0 aromatic heterocycles. The largest absolute Gasteiger partial charge is 0.391 e. The first kappa shape index (κ1) is 45.2. The number of carbonyl (C=O) groups excluding carboxylic acids is 1. The molecule has 0 aromatic rings. The highest BCUT2D eigenvalue weighted by molar-refractivity contribution is 7.99. The van der Waals surface area contributed by atoms with Gasteiger partial charge in [0.2, 0.25) is 0 Å². The summed E-state index contributed by atoms with van der Waals surface area (Å²) in [5.74, 6) is 3.43. The Bertz CT molecular complexity index is 542. The third-order valence-electron chi connectivity index (χ3n) is 9.29. The molecule has 2 nitrogen and oxygen atoms in total. The monoisotopic (exact) mass is 671 g/mol. The van der Waals surface area contributed by atoms with E-state index in [1.807, 2.05) is 0 Å². The standard InChI is InChI=1S/C41H82O2S2/c1-3-5-7-9-11-13-15-17-19-21-23-25-27-29-31-34-38-44-39-36-33-37-41(42)43-45-40-35-32-30-28-26-24-22-20-18-16-14-12-10-8-6-4-2/h3-40H2,1-2H3. The maximum Gasteiger partial charge on any atom is 0.317 e. The topological polar surface area (TPSA) is 26.3 Å². The van der Waals surface area contributed by atoms with E-state index in [4.69, 9.17) is 4.18 Å². The first-order chi connectivity index (χ1) is 22.3. The molecule has 0 radical (unpaired) electrons. The van der Waals surface area contributed by atoms with E-state index in [1.165, 1.54) is 229 Å². The molecule has 0 atom stereocenters. The predicted molar refractivity (Wildman–Crippen MR) is 209 cm³/mol. The van der Waals surface area contributed by atoms with Crippen molar-refractivity contribution < 1.29 is 8.98 Å². The van der Waals surface area contributed by atoms with Crippen LogP contribution in [0.25, 0.3) is 0 Å². The Morgan fingerprint density at radius 3 is 0.956 bits per heavy atom. The van der Waals surface area contributed by atoms with Gasteiger partial charge in [0.15, 0.2) is 0 Å². The quantitative estimate of drug-likeness (QED) is 0.0479. The normalized spacial score (nSPS) is 11.4. The number of rotatable bonds is 40. The van der Waals surface area contributed by atoms with Gasteiger partial charge in [0.1, 0.15) is 0 Å². The van der Waals surface area contributed by atoms with Gasteiger partial charge in [-0.05, 0) is 37.2 Å². The lowest BCUT2D eigenvalue weighted by molar-refractivity contribution is -0.133. The highest BCUT2D eigenvalue weighted by Crippen LogP contribution is 2.17. The minimum Gasteiger partial charge on any atom is -0.391 e. The second kappa shape index (κ2) is 42.2. The summed E-state index contributed by atoms with van der Waals surface area (Å²) in [6.07, 6.45) is 48.0. The van der Waals surface area contributed by atoms with Crippen LogP contribution in [0.4, 0.5) is 0 Å². The van der Waals surface area contributed by atoms with Gasteiger partial charge >= 0.3 is 5.97 Å². The van der Waals surface area contributed by atoms with E-state index in [0.29, 0.717) is 6.42 Å². The minimum atomic E-state index is -0.0145. The molecule has 0 aliphatic rings. The van der Waals surface area contributed by atoms with Crippen LogP contribution in [0.1, 0.15) is 239 Å². The number of carbonyl (C=O) groups is 1. The van der Waals surface area contributed by atoms with Gasteiger partial charge in [0.05, 0.1) is 12.0 Å². The maximum atomic E-state index is 12.0. The summed E-state index contributed by atoms with van der Waals surface area (Å²) >= 11 is 3.46. The van der Waals surface area contributed by atoms with Crippen LogP contribution in [0.3, 0.4) is 0 Å². The van der Waals surface area contributed by atoms with Crippen molar-refractivity contribution in [2.24, 2.45) is 0 Å². The molecule has 0 saturated heterocycles. The Hall–Kier alpha value is 0.170. The minimum absolute atomic E-state index is 0.0145. The number of hydrogen-bond donors (Lipinski definition) is 0. The van der Waals surface area contributed by atoms with Crippen molar-refractivity contribution >= 4 is 29.8 Å². The molecule has 0 aromatic carbocycles. The van der Waals surface area contributed by atoms with Crippen LogP contribution in [0, 0.1) is 0 Å².